The van der Waals surface area contributed by atoms with Gasteiger partial charge in [-0.1, -0.05) is 0 Å². The third-order valence-corrected chi connectivity index (χ3v) is 5.00. The van der Waals surface area contributed by atoms with Gasteiger partial charge in [0.2, 0.25) is 15.9 Å². The summed E-state index contributed by atoms with van der Waals surface area (Å²) in [5, 5.41) is 0. The predicted octanol–water partition coefficient (Wildman–Crippen LogP) is -0.155. The molecule has 0 atom stereocenters. The first kappa shape index (κ1) is 15.6. The fourth-order valence-corrected chi connectivity index (χ4v) is 3.06. The Kier molecular flexibility index (Phi) is 4.38. The number of nitrogens with two attached hydrogens (primary N) is 1. The smallest absolute Gasteiger partial charge is 0.241 e. The van der Waals surface area contributed by atoms with Crippen molar-refractivity contribution in [1.29, 1.82) is 0 Å². The molecule has 0 saturated carbocycles. The van der Waals surface area contributed by atoms with E-state index >= 15 is 0 Å². The Bertz CT molecular complexity index is 645. The van der Waals surface area contributed by atoms with Gasteiger partial charge in [-0.3, -0.25) is 4.79 Å². The predicted molar refractivity (Wildman–Crippen MR) is 81.6 cm³/mol. The highest BCUT2D eigenvalue weighted by Gasteiger charge is 2.21. The zero-order valence-electron chi connectivity index (χ0n) is 12.2. The van der Waals surface area contributed by atoms with Crippen molar-refractivity contribution in [3.8, 4) is 0 Å². The second kappa shape index (κ2) is 5.90. The maximum Gasteiger partial charge on any atom is 0.241 e. The largest absolute Gasteiger partial charge is 0.397 e. The van der Waals surface area contributed by atoms with Crippen LogP contribution < -0.4 is 15.4 Å². The van der Waals surface area contributed by atoms with Crippen LogP contribution >= 0.6 is 0 Å². The average Bonchev–Trinajstić information content (AvgIpc) is 2.61. The Hall–Kier alpha value is -1.80. The van der Waals surface area contributed by atoms with Gasteiger partial charge in [0.15, 0.2) is 0 Å². The molecule has 1 saturated heterocycles. The number of amides is 1. The Morgan fingerprint density at radius 1 is 1.29 bits per heavy atom. The van der Waals surface area contributed by atoms with E-state index < -0.39 is 10.0 Å². The van der Waals surface area contributed by atoms with Gasteiger partial charge in [0.1, 0.15) is 0 Å². The van der Waals surface area contributed by atoms with Crippen molar-refractivity contribution in [2.75, 3.05) is 44.4 Å². The van der Waals surface area contributed by atoms with Crippen molar-refractivity contribution in [3.05, 3.63) is 18.2 Å². The number of rotatable bonds is 3. The van der Waals surface area contributed by atoms with Crippen molar-refractivity contribution >= 4 is 27.3 Å². The molecule has 8 heteroatoms. The summed E-state index contributed by atoms with van der Waals surface area (Å²) in [6.45, 7) is 1.67. The lowest BCUT2D eigenvalue weighted by molar-refractivity contribution is -0.127. The molecule has 116 valence electrons. The molecule has 2 rings (SSSR count). The summed E-state index contributed by atoms with van der Waals surface area (Å²) in [7, 11) is -0.393. The standard InChI is InChI=1S/C13H20N4O3S/c1-15-21(19,20)10-4-5-12(11(14)8-10)17-7-3-6-16(2)13(18)9-17/h4-5,8,15H,3,6-7,9,14H2,1-2H3. The minimum Gasteiger partial charge on any atom is -0.397 e. The average molecular weight is 312 g/mol. The lowest BCUT2D eigenvalue weighted by Gasteiger charge is -2.23. The van der Waals surface area contributed by atoms with Gasteiger partial charge in [0.25, 0.3) is 0 Å². The number of carbonyl (C=O) groups is 1. The van der Waals surface area contributed by atoms with Gasteiger partial charge in [0, 0.05) is 20.1 Å². The van der Waals surface area contributed by atoms with Crippen LogP contribution in [0, 0.1) is 0 Å². The van der Waals surface area contributed by atoms with E-state index in [1.807, 2.05) is 4.90 Å². The zero-order valence-corrected chi connectivity index (χ0v) is 13.0. The Morgan fingerprint density at radius 3 is 2.62 bits per heavy atom. The highest BCUT2D eigenvalue weighted by Crippen LogP contribution is 2.27. The summed E-state index contributed by atoms with van der Waals surface area (Å²) >= 11 is 0. The van der Waals surface area contributed by atoms with Gasteiger partial charge < -0.3 is 15.5 Å². The van der Waals surface area contributed by atoms with E-state index in [0.29, 0.717) is 24.5 Å². The number of anilines is 2. The van der Waals surface area contributed by atoms with Gasteiger partial charge in [0.05, 0.1) is 22.8 Å². The quantitative estimate of drug-likeness (QED) is 0.757. The van der Waals surface area contributed by atoms with Crippen LogP contribution in [0.15, 0.2) is 23.1 Å². The molecule has 1 amide bonds. The summed E-state index contributed by atoms with van der Waals surface area (Å²) in [5.41, 5.74) is 7.02. The zero-order chi connectivity index (χ0) is 15.6. The first-order chi connectivity index (χ1) is 9.85. The monoisotopic (exact) mass is 312 g/mol. The van der Waals surface area contributed by atoms with Crippen LogP contribution in [0.4, 0.5) is 11.4 Å². The number of carbonyl (C=O) groups excluding carboxylic acids is 1. The number of likely N-dealkylation sites (N-methyl/N-ethyl adjacent to an activating group) is 1. The lowest BCUT2D eigenvalue weighted by atomic mass is 10.2. The van der Waals surface area contributed by atoms with E-state index in [0.717, 1.165) is 6.42 Å². The van der Waals surface area contributed by atoms with Crippen molar-refractivity contribution in [2.45, 2.75) is 11.3 Å². The van der Waals surface area contributed by atoms with E-state index in [9.17, 15) is 13.2 Å². The number of hydrogen-bond acceptors (Lipinski definition) is 5. The van der Waals surface area contributed by atoms with Crippen LogP contribution in [-0.4, -0.2) is 53.0 Å². The highest BCUT2D eigenvalue weighted by molar-refractivity contribution is 7.89. The third-order valence-electron chi connectivity index (χ3n) is 3.59. The Balaban J connectivity index is 2.31. The van der Waals surface area contributed by atoms with Gasteiger partial charge >= 0.3 is 0 Å². The SMILES string of the molecule is CNS(=O)(=O)c1ccc(N2CCCN(C)C(=O)C2)c(N)c1. The molecule has 0 aromatic heterocycles. The van der Waals surface area contributed by atoms with Crippen LogP contribution in [0.25, 0.3) is 0 Å². The topological polar surface area (TPSA) is 95.7 Å². The van der Waals surface area contributed by atoms with Crippen LogP contribution in [0.3, 0.4) is 0 Å². The van der Waals surface area contributed by atoms with Crippen LogP contribution in [0.5, 0.6) is 0 Å². The van der Waals surface area contributed by atoms with Gasteiger partial charge in [-0.05, 0) is 31.7 Å². The molecule has 7 nitrogen and oxygen atoms in total. The molecule has 1 aromatic rings. The first-order valence-electron chi connectivity index (χ1n) is 6.67. The van der Waals surface area contributed by atoms with E-state index in [1.54, 1.807) is 18.0 Å². The maximum atomic E-state index is 11.9. The highest BCUT2D eigenvalue weighted by atomic mass is 32.2. The molecule has 1 aromatic carbocycles. The minimum atomic E-state index is -3.52. The molecular formula is C13H20N4O3S. The summed E-state index contributed by atoms with van der Waals surface area (Å²) < 4.78 is 25.7. The summed E-state index contributed by atoms with van der Waals surface area (Å²) in [6.07, 6.45) is 0.845. The van der Waals surface area contributed by atoms with Gasteiger partial charge in [-0.15, -0.1) is 0 Å². The van der Waals surface area contributed by atoms with Crippen LogP contribution in [0.2, 0.25) is 0 Å². The van der Waals surface area contributed by atoms with E-state index in [2.05, 4.69) is 4.72 Å². The summed E-state index contributed by atoms with van der Waals surface area (Å²) in [5.74, 6) is 0.0267. The Labute approximate surface area is 124 Å². The number of sulfonamides is 1. The van der Waals surface area contributed by atoms with Crippen molar-refractivity contribution < 1.29 is 13.2 Å². The second-order valence-electron chi connectivity index (χ2n) is 5.02. The molecule has 1 aliphatic heterocycles. The lowest BCUT2D eigenvalue weighted by Crippen LogP contribution is -2.34. The van der Waals surface area contributed by atoms with E-state index in [-0.39, 0.29) is 17.3 Å². The van der Waals surface area contributed by atoms with Crippen LogP contribution in [0.1, 0.15) is 6.42 Å². The molecule has 1 fully saturated rings. The molecule has 0 aliphatic carbocycles. The molecule has 3 N–H and O–H groups in total. The molecule has 0 spiro atoms. The minimum absolute atomic E-state index is 0.0267. The summed E-state index contributed by atoms with van der Waals surface area (Å²) in [6, 6.07) is 4.56. The normalized spacial score (nSPS) is 17.0. The number of nitrogen functional groups attached to an aromatic ring is 1. The van der Waals surface area contributed by atoms with Gasteiger partial charge in [-0.25, -0.2) is 13.1 Å². The van der Waals surface area contributed by atoms with Crippen molar-refractivity contribution in [2.24, 2.45) is 0 Å². The third kappa shape index (κ3) is 3.27. The van der Waals surface area contributed by atoms with Gasteiger partial charge in [-0.2, -0.15) is 0 Å². The number of nitrogens with zero attached hydrogens (tertiary/aromatic N) is 2. The van der Waals surface area contributed by atoms with Crippen molar-refractivity contribution in [3.63, 3.8) is 0 Å². The first-order valence-corrected chi connectivity index (χ1v) is 8.15. The van der Waals surface area contributed by atoms with E-state index in [1.165, 1.54) is 19.2 Å². The Morgan fingerprint density at radius 2 is 2.00 bits per heavy atom. The molecule has 0 radical (unpaired) electrons. The second-order valence-corrected chi connectivity index (χ2v) is 6.91. The molecular weight excluding hydrogens is 292 g/mol. The number of benzene rings is 1. The molecule has 1 aliphatic rings. The fraction of sp³-hybridized carbons (Fsp3) is 0.462. The van der Waals surface area contributed by atoms with E-state index in [4.69, 9.17) is 5.73 Å². The molecule has 21 heavy (non-hydrogen) atoms. The number of nitrogens with one attached hydrogen (secondary N) is 1. The molecule has 0 unspecified atom stereocenters. The maximum absolute atomic E-state index is 11.9. The summed E-state index contributed by atoms with van der Waals surface area (Å²) in [4.78, 5) is 15.6. The number of hydrogen-bond donors (Lipinski definition) is 2. The van der Waals surface area contributed by atoms with Crippen LogP contribution in [-0.2, 0) is 14.8 Å². The van der Waals surface area contributed by atoms with Crippen molar-refractivity contribution in [1.82, 2.24) is 9.62 Å². The molecule has 0 bridgehead atoms. The fourth-order valence-electron chi connectivity index (χ4n) is 2.30. The molecule has 1 heterocycles.